The van der Waals surface area contributed by atoms with Gasteiger partial charge in [0.15, 0.2) is 0 Å². The Bertz CT molecular complexity index is 705. The van der Waals surface area contributed by atoms with E-state index in [4.69, 9.17) is 5.73 Å². The van der Waals surface area contributed by atoms with E-state index in [-0.39, 0.29) is 23.7 Å². The minimum absolute atomic E-state index is 0.0200. The molecule has 148 valence electrons. The third-order valence-electron chi connectivity index (χ3n) is 5.62. The quantitative estimate of drug-likeness (QED) is 0.831. The van der Waals surface area contributed by atoms with Gasteiger partial charge in [-0.3, -0.25) is 10.2 Å². The van der Waals surface area contributed by atoms with Gasteiger partial charge in [0.2, 0.25) is 5.91 Å². The van der Waals surface area contributed by atoms with Gasteiger partial charge in [0.1, 0.15) is 5.82 Å². The standard InChI is InChI=1S/C19H28FN5O2/c1-13-11-15(20)3-4-16(13)17-12-14(5-6-25(17)19(21)27)18(26)22-24-9-7-23(2)8-10-24/h3-4,11,14,17H,5-10,12H2,1-2H3,(H2,21,27)(H,22,26). The minimum atomic E-state index is -0.512. The number of primary amides is 1. The van der Waals surface area contributed by atoms with Crippen LogP contribution in [0.5, 0.6) is 0 Å². The molecule has 0 aliphatic carbocycles. The zero-order valence-corrected chi connectivity index (χ0v) is 15.9. The molecule has 2 aliphatic heterocycles. The SMILES string of the molecule is Cc1cc(F)ccc1C1CC(C(=O)NN2CCN(C)CC2)CCN1C(N)=O. The van der Waals surface area contributed by atoms with Gasteiger partial charge in [-0.05, 0) is 50.1 Å². The van der Waals surface area contributed by atoms with E-state index >= 15 is 0 Å². The molecule has 2 heterocycles. The molecule has 2 fully saturated rings. The summed E-state index contributed by atoms with van der Waals surface area (Å²) < 4.78 is 13.5. The fourth-order valence-electron chi connectivity index (χ4n) is 3.94. The first kappa shape index (κ1) is 19.6. The number of nitrogens with one attached hydrogen (secondary N) is 1. The van der Waals surface area contributed by atoms with E-state index < -0.39 is 6.03 Å². The van der Waals surface area contributed by atoms with Gasteiger partial charge in [0.05, 0.1) is 6.04 Å². The average molecular weight is 377 g/mol. The van der Waals surface area contributed by atoms with Gasteiger partial charge in [-0.2, -0.15) is 0 Å². The van der Waals surface area contributed by atoms with Crippen molar-refractivity contribution < 1.29 is 14.0 Å². The van der Waals surface area contributed by atoms with Crippen molar-refractivity contribution in [2.45, 2.75) is 25.8 Å². The van der Waals surface area contributed by atoms with Gasteiger partial charge in [0, 0.05) is 38.6 Å². The van der Waals surface area contributed by atoms with Crippen molar-refractivity contribution in [2.75, 3.05) is 39.8 Å². The molecule has 0 bridgehead atoms. The molecule has 3 rings (SSSR count). The zero-order chi connectivity index (χ0) is 19.6. The highest BCUT2D eigenvalue weighted by Gasteiger charge is 2.36. The fraction of sp³-hybridized carbons (Fsp3) is 0.579. The summed E-state index contributed by atoms with van der Waals surface area (Å²) in [6.07, 6.45) is 1.05. The summed E-state index contributed by atoms with van der Waals surface area (Å²) in [4.78, 5) is 28.5. The fourth-order valence-corrected chi connectivity index (χ4v) is 3.94. The van der Waals surface area contributed by atoms with E-state index in [1.54, 1.807) is 11.0 Å². The van der Waals surface area contributed by atoms with Crippen LogP contribution >= 0.6 is 0 Å². The molecule has 2 aliphatic rings. The first-order valence-electron chi connectivity index (χ1n) is 9.41. The Balaban J connectivity index is 1.72. The number of carbonyl (C=O) groups excluding carboxylic acids is 2. The largest absolute Gasteiger partial charge is 0.351 e. The van der Waals surface area contributed by atoms with Crippen LogP contribution in [0.25, 0.3) is 0 Å². The normalized spacial score (nSPS) is 24.6. The number of aryl methyl sites for hydroxylation is 1. The van der Waals surface area contributed by atoms with E-state index in [1.165, 1.54) is 12.1 Å². The van der Waals surface area contributed by atoms with Crippen LogP contribution in [0.1, 0.15) is 30.0 Å². The summed E-state index contributed by atoms with van der Waals surface area (Å²) in [6, 6.07) is 3.69. The first-order valence-corrected chi connectivity index (χ1v) is 9.41. The number of piperazine rings is 1. The molecule has 3 amide bonds. The number of urea groups is 1. The van der Waals surface area contributed by atoms with Crippen molar-refractivity contribution >= 4 is 11.9 Å². The summed E-state index contributed by atoms with van der Waals surface area (Å²) in [5, 5.41) is 1.96. The maximum Gasteiger partial charge on any atom is 0.315 e. The monoisotopic (exact) mass is 377 g/mol. The highest BCUT2D eigenvalue weighted by Crippen LogP contribution is 2.36. The number of carbonyl (C=O) groups is 2. The van der Waals surface area contributed by atoms with E-state index in [9.17, 15) is 14.0 Å². The number of hydrazine groups is 1. The Labute approximate surface area is 159 Å². The van der Waals surface area contributed by atoms with Crippen molar-refractivity contribution in [3.05, 3.63) is 35.1 Å². The van der Waals surface area contributed by atoms with Crippen LogP contribution in [0, 0.1) is 18.7 Å². The Morgan fingerprint density at radius 2 is 1.89 bits per heavy atom. The molecular formula is C19H28FN5O2. The lowest BCUT2D eigenvalue weighted by Gasteiger charge is -2.40. The molecule has 3 N–H and O–H groups in total. The lowest BCUT2D eigenvalue weighted by molar-refractivity contribution is -0.132. The molecule has 27 heavy (non-hydrogen) atoms. The molecule has 8 heteroatoms. The second-order valence-electron chi connectivity index (χ2n) is 7.54. The van der Waals surface area contributed by atoms with Crippen LogP contribution in [-0.2, 0) is 4.79 Å². The van der Waals surface area contributed by atoms with Crippen LogP contribution in [0.4, 0.5) is 9.18 Å². The van der Waals surface area contributed by atoms with Gasteiger partial charge in [-0.15, -0.1) is 0 Å². The van der Waals surface area contributed by atoms with Crippen molar-refractivity contribution in [3.63, 3.8) is 0 Å². The Kier molecular flexibility index (Phi) is 5.96. The summed E-state index contributed by atoms with van der Waals surface area (Å²) in [5.74, 6) is -0.551. The number of halogens is 1. The molecule has 0 radical (unpaired) electrons. The zero-order valence-electron chi connectivity index (χ0n) is 15.9. The smallest absolute Gasteiger partial charge is 0.315 e. The average Bonchev–Trinajstić information content (AvgIpc) is 2.63. The van der Waals surface area contributed by atoms with Crippen LogP contribution < -0.4 is 11.2 Å². The number of hydrogen-bond acceptors (Lipinski definition) is 4. The number of rotatable bonds is 3. The molecular weight excluding hydrogens is 349 g/mol. The van der Waals surface area contributed by atoms with E-state index in [0.29, 0.717) is 19.4 Å². The second-order valence-corrected chi connectivity index (χ2v) is 7.54. The minimum Gasteiger partial charge on any atom is -0.351 e. The maximum absolute atomic E-state index is 13.5. The Morgan fingerprint density at radius 3 is 2.52 bits per heavy atom. The highest BCUT2D eigenvalue weighted by molar-refractivity contribution is 5.79. The Hall–Kier alpha value is -2.19. The van der Waals surface area contributed by atoms with Crippen LogP contribution in [0.2, 0.25) is 0 Å². The third kappa shape index (κ3) is 4.56. The number of hydrogen-bond donors (Lipinski definition) is 2. The lowest BCUT2D eigenvalue weighted by Crippen LogP contribution is -2.55. The summed E-state index contributed by atoms with van der Waals surface area (Å²) in [5.41, 5.74) is 10.2. The molecule has 2 atom stereocenters. The number of nitrogens with zero attached hydrogens (tertiary/aromatic N) is 3. The van der Waals surface area contributed by atoms with E-state index in [1.807, 2.05) is 11.9 Å². The van der Waals surface area contributed by atoms with Crippen molar-refractivity contribution in [1.82, 2.24) is 20.2 Å². The summed E-state index contributed by atoms with van der Waals surface area (Å²) >= 11 is 0. The van der Waals surface area contributed by atoms with E-state index in [0.717, 1.165) is 37.3 Å². The van der Waals surface area contributed by atoms with Crippen LogP contribution in [-0.4, -0.2) is 66.5 Å². The Morgan fingerprint density at radius 1 is 1.19 bits per heavy atom. The number of nitrogens with two attached hydrogens (primary N) is 1. The number of likely N-dealkylation sites (tertiary alicyclic amines) is 1. The number of amides is 3. The second kappa shape index (κ2) is 8.22. The third-order valence-corrected chi connectivity index (χ3v) is 5.62. The van der Waals surface area contributed by atoms with Gasteiger partial charge in [-0.1, -0.05) is 6.07 Å². The summed E-state index contributed by atoms with van der Waals surface area (Å²) in [6.45, 7) is 5.64. The topological polar surface area (TPSA) is 81.9 Å². The first-order chi connectivity index (χ1) is 12.8. The van der Waals surface area contributed by atoms with Crippen molar-refractivity contribution in [2.24, 2.45) is 11.7 Å². The molecule has 0 spiro atoms. The molecule has 0 aromatic heterocycles. The molecule has 7 nitrogen and oxygen atoms in total. The number of benzene rings is 1. The van der Waals surface area contributed by atoms with Gasteiger partial charge in [-0.25, -0.2) is 14.2 Å². The van der Waals surface area contributed by atoms with Gasteiger partial charge >= 0.3 is 6.03 Å². The highest BCUT2D eigenvalue weighted by atomic mass is 19.1. The van der Waals surface area contributed by atoms with Gasteiger partial charge in [0.25, 0.3) is 0 Å². The van der Waals surface area contributed by atoms with Crippen LogP contribution in [0.15, 0.2) is 18.2 Å². The number of piperidine rings is 1. The molecule has 0 saturated carbocycles. The summed E-state index contributed by atoms with van der Waals surface area (Å²) in [7, 11) is 2.06. The lowest BCUT2D eigenvalue weighted by atomic mass is 9.85. The number of likely N-dealkylation sites (N-methyl/N-ethyl adjacent to an activating group) is 1. The molecule has 1 aromatic carbocycles. The molecule has 2 saturated heterocycles. The predicted octanol–water partition coefficient (Wildman–Crippen LogP) is 1.24. The van der Waals surface area contributed by atoms with Crippen LogP contribution in [0.3, 0.4) is 0 Å². The van der Waals surface area contributed by atoms with E-state index in [2.05, 4.69) is 17.4 Å². The molecule has 1 aromatic rings. The predicted molar refractivity (Wildman–Crippen MR) is 100 cm³/mol. The van der Waals surface area contributed by atoms with Crippen molar-refractivity contribution in [1.29, 1.82) is 0 Å². The maximum atomic E-state index is 13.5. The molecule has 2 unspecified atom stereocenters. The van der Waals surface area contributed by atoms with Crippen molar-refractivity contribution in [3.8, 4) is 0 Å². The van der Waals surface area contributed by atoms with Gasteiger partial charge < -0.3 is 15.5 Å².